The summed E-state index contributed by atoms with van der Waals surface area (Å²) in [4.78, 5) is 11.4. The second-order valence-electron chi connectivity index (χ2n) is 5.76. The van der Waals surface area contributed by atoms with Crippen LogP contribution in [0.25, 0.3) is 10.7 Å². The lowest BCUT2D eigenvalue weighted by Crippen LogP contribution is -2.09. The van der Waals surface area contributed by atoms with E-state index in [1.165, 1.54) is 22.6 Å². The topological polar surface area (TPSA) is 39.9 Å². The van der Waals surface area contributed by atoms with E-state index in [1.807, 2.05) is 36.8 Å². The average molecular weight is 325 g/mol. The van der Waals surface area contributed by atoms with Gasteiger partial charge in [-0.05, 0) is 43.5 Å². The first-order valence-corrected chi connectivity index (χ1v) is 8.84. The maximum absolute atomic E-state index is 5.89. The first kappa shape index (κ1) is 14.6. The van der Waals surface area contributed by atoms with Crippen LogP contribution in [0.2, 0.25) is 0 Å². The molecule has 4 nitrogen and oxygen atoms in total. The number of imidazole rings is 1. The van der Waals surface area contributed by atoms with Crippen LogP contribution in [0.15, 0.2) is 48.9 Å². The predicted octanol–water partition coefficient (Wildman–Crippen LogP) is 4.30. The lowest BCUT2D eigenvalue weighted by Gasteiger charge is -2.21. The molecule has 118 valence electrons. The third kappa shape index (κ3) is 3.21. The predicted molar refractivity (Wildman–Crippen MR) is 91.4 cm³/mol. The van der Waals surface area contributed by atoms with Gasteiger partial charge in [0.2, 0.25) is 0 Å². The molecule has 4 rings (SSSR count). The van der Waals surface area contributed by atoms with Gasteiger partial charge in [0, 0.05) is 30.1 Å². The molecule has 1 aliphatic heterocycles. The molecule has 4 heterocycles. The van der Waals surface area contributed by atoms with Crippen molar-refractivity contribution in [3.05, 3.63) is 59.5 Å². The number of aromatic nitrogens is 3. The van der Waals surface area contributed by atoms with Gasteiger partial charge in [-0.15, -0.1) is 11.3 Å². The third-order valence-corrected chi connectivity index (χ3v) is 5.29. The van der Waals surface area contributed by atoms with Gasteiger partial charge < -0.3 is 9.30 Å². The number of rotatable bonds is 4. The van der Waals surface area contributed by atoms with Crippen molar-refractivity contribution >= 4 is 11.3 Å². The van der Waals surface area contributed by atoms with Gasteiger partial charge in [-0.2, -0.15) is 0 Å². The molecule has 0 amide bonds. The Morgan fingerprint density at radius 1 is 1.13 bits per heavy atom. The fourth-order valence-corrected chi connectivity index (χ4v) is 4.04. The Labute approximate surface area is 139 Å². The standard InChI is InChI=1S/C18H19N3OS/c1-3-9-19-14(5-1)13-21-11-10-20-18(21)17-8-7-16(23-17)15-6-2-4-12-22-15/h1,3,5,7-11,15H,2,4,6,12-13H2/t15-/m1/s1. The summed E-state index contributed by atoms with van der Waals surface area (Å²) in [6, 6.07) is 10.3. The lowest BCUT2D eigenvalue weighted by atomic mass is 10.1. The van der Waals surface area contributed by atoms with Crippen molar-refractivity contribution in [3.8, 4) is 10.7 Å². The van der Waals surface area contributed by atoms with Gasteiger partial charge >= 0.3 is 0 Å². The van der Waals surface area contributed by atoms with Crippen LogP contribution in [0.5, 0.6) is 0 Å². The first-order chi connectivity index (χ1) is 11.4. The van der Waals surface area contributed by atoms with Crippen LogP contribution in [0.4, 0.5) is 0 Å². The summed E-state index contributed by atoms with van der Waals surface area (Å²) in [5, 5.41) is 0. The quantitative estimate of drug-likeness (QED) is 0.718. The highest BCUT2D eigenvalue weighted by molar-refractivity contribution is 7.15. The third-order valence-electron chi connectivity index (χ3n) is 4.12. The van der Waals surface area contributed by atoms with Gasteiger partial charge in [-0.1, -0.05) is 6.07 Å². The maximum Gasteiger partial charge on any atom is 0.150 e. The van der Waals surface area contributed by atoms with Crippen LogP contribution in [-0.2, 0) is 11.3 Å². The zero-order chi connectivity index (χ0) is 15.5. The van der Waals surface area contributed by atoms with E-state index in [-0.39, 0.29) is 6.10 Å². The summed E-state index contributed by atoms with van der Waals surface area (Å²) in [5.74, 6) is 1.00. The minimum Gasteiger partial charge on any atom is -0.373 e. The van der Waals surface area contributed by atoms with Crippen LogP contribution in [-0.4, -0.2) is 21.1 Å². The molecule has 0 aromatic carbocycles. The van der Waals surface area contributed by atoms with Crippen molar-refractivity contribution in [2.75, 3.05) is 6.61 Å². The van der Waals surface area contributed by atoms with Crippen LogP contribution in [0.3, 0.4) is 0 Å². The molecular weight excluding hydrogens is 306 g/mol. The number of nitrogens with zero attached hydrogens (tertiary/aromatic N) is 3. The van der Waals surface area contributed by atoms with Crippen molar-refractivity contribution in [3.63, 3.8) is 0 Å². The highest BCUT2D eigenvalue weighted by Gasteiger charge is 2.19. The smallest absolute Gasteiger partial charge is 0.150 e. The number of pyridine rings is 1. The summed E-state index contributed by atoms with van der Waals surface area (Å²) >= 11 is 1.79. The molecule has 0 unspecified atom stereocenters. The minimum atomic E-state index is 0.265. The van der Waals surface area contributed by atoms with Crippen molar-refractivity contribution in [2.24, 2.45) is 0 Å². The molecule has 0 saturated carbocycles. The molecule has 1 aliphatic rings. The van der Waals surface area contributed by atoms with Gasteiger partial charge in [-0.25, -0.2) is 4.98 Å². The Hall–Kier alpha value is -1.98. The second-order valence-corrected chi connectivity index (χ2v) is 6.87. The van der Waals surface area contributed by atoms with Crippen LogP contribution < -0.4 is 0 Å². The van der Waals surface area contributed by atoms with Crippen LogP contribution in [0, 0.1) is 0 Å². The van der Waals surface area contributed by atoms with Crippen molar-refractivity contribution in [1.29, 1.82) is 0 Å². The van der Waals surface area contributed by atoms with E-state index in [0.29, 0.717) is 0 Å². The van der Waals surface area contributed by atoms with E-state index in [1.54, 1.807) is 11.3 Å². The van der Waals surface area contributed by atoms with Crippen molar-refractivity contribution in [1.82, 2.24) is 14.5 Å². The van der Waals surface area contributed by atoms with Gasteiger partial charge in [0.1, 0.15) is 5.82 Å². The lowest BCUT2D eigenvalue weighted by molar-refractivity contribution is 0.0172. The summed E-state index contributed by atoms with van der Waals surface area (Å²) in [6.07, 6.45) is 9.53. The van der Waals surface area contributed by atoms with Crippen LogP contribution in [0.1, 0.15) is 35.9 Å². The monoisotopic (exact) mass is 325 g/mol. The molecule has 0 radical (unpaired) electrons. The number of thiophene rings is 1. The fraction of sp³-hybridized carbons (Fsp3) is 0.333. The summed E-state index contributed by atoms with van der Waals surface area (Å²) < 4.78 is 8.05. The largest absolute Gasteiger partial charge is 0.373 e. The van der Waals surface area contributed by atoms with Gasteiger partial charge in [0.25, 0.3) is 0 Å². The molecule has 3 aromatic rings. The SMILES string of the molecule is c1ccc(Cn2ccnc2-c2ccc([C@H]3CCCCO3)s2)nc1. The highest BCUT2D eigenvalue weighted by Crippen LogP contribution is 2.36. The molecule has 0 N–H and O–H groups in total. The molecule has 5 heteroatoms. The number of hydrogen-bond acceptors (Lipinski definition) is 4. The van der Waals surface area contributed by atoms with Gasteiger partial charge in [0.15, 0.2) is 0 Å². The fourth-order valence-electron chi connectivity index (χ4n) is 2.94. The van der Waals surface area contributed by atoms with E-state index in [0.717, 1.165) is 31.1 Å². The van der Waals surface area contributed by atoms with Crippen molar-refractivity contribution in [2.45, 2.75) is 31.9 Å². The highest BCUT2D eigenvalue weighted by atomic mass is 32.1. The second kappa shape index (κ2) is 6.64. The molecular formula is C18H19N3OS. The number of hydrogen-bond donors (Lipinski definition) is 0. The molecule has 3 aromatic heterocycles. The normalized spacial score (nSPS) is 18.2. The summed E-state index contributed by atoms with van der Waals surface area (Å²) in [6.45, 7) is 1.62. The average Bonchev–Trinajstić information content (AvgIpc) is 3.25. The molecule has 0 spiro atoms. The van der Waals surface area contributed by atoms with E-state index < -0.39 is 0 Å². The molecule has 1 fully saturated rings. The molecule has 23 heavy (non-hydrogen) atoms. The maximum atomic E-state index is 5.89. The number of ether oxygens (including phenoxy) is 1. The molecule has 1 atom stereocenters. The molecule has 0 aliphatic carbocycles. The Balaban J connectivity index is 1.57. The van der Waals surface area contributed by atoms with E-state index >= 15 is 0 Å². The zero-order valence-corrected chi connectivity index (χ0v) is 13.7. The molecule has 0 bridgehead atoms. The van der Waals surface area contributed by atoms with Crippen molar-refractivity contribution < 1.29 is 4.74 Å². The summed E-state index contributed by atoms with van der Waals surface area (Å²) in [7, 11) is 0. The zero-order valence-electron chi connectivity index (χ0n) is 12.9. The first-order valence-electron chi connectivity index (χ1n) is 8.03. The van der Waals surface area contributed by atoms with Gasteiger partial charge in [-0.3, -0.25) is 4.98 Å². The Bertz CT molecular complexity index is 759. The minimum absolute atomic E-state index is 0.265. The van der Waals surface area contributed by atoms with Gasteiger partial charge in [0.05, 0.1) is 23.2 Å². The Kier molecular flexibility index (Phi) is 4.22. The Morgan fingerprint density at radius 2 is 2.13 bits per heavy atom. The summed E-state index contributed by atoms with van der Waals surface area (Å²) in [5.41, 5.74) is 1.04. The van der Waals surface area contributed by atoms with E-state index in [2.05, 4.69) is 26.7 Å². The van der Waals surface area contributed by atoms with E-state index in [9.17, 15) is 0 Å². The van der Waals surface area contributed by atoms with Crippen LogP contribution >= 0.6 is 11.3 Å². The Morgan fingerprint density at radius 3 is 2.96 bits per heavy atom. The van der Waals surface area contributed by atoms with E-state index in [4.69, 9.17) is 4.74 Å². The molecule has 1 saturated heterocycles.